The van der Waals surface area contributed by atoms with E-state index in [1.54, 1.807) is 42.5 Å². The molecule has 0 heterocycles. The standard InChI is InChI=1S/C16H18BNO3S.C14H14BCl2NO3S/c1-11-6-8-14(9-7-11)21-16(22)18-10-13-4-3-5-15(12(13)2)17(19)20;1-8-6-9(16)2-5-13(8)21-14(22)18-10-3-4-12(17)11(7-10)15(19)20/h3-9,19-20H,10H2,1-2H3,(H,18,22);2,4-7,10,19-20H,3H2,1H3,(H,18,22). The Kier molecular flexibility index (Phi) is 13.7. The summed E-state index contributed by atoms with van der Waals surface area (Å²) in [4.78, 5) is 0. The lowest BCUT2D eigenvalue weighted by Crippen LogP contribution is -2.37. The molecule has 0 amide bonds. The SMILES string of the molecule is Cc1cc(Cl)ccc1OC(=S)NC1C=C(B(O)O)C(Cl)=CC1.Cc1ccc(OC(=S)NCc2cccc(B(O)O)c2C)cc1. The maximum absolute atomic E-state index is 9.31. The van der Waals surface area contributed by atoms with Crippen molar-refractivity contribution in [2.45, 2.75) is 39.8 Å². The minimum Gasteiger partial charge on any atom is -0.432 e. The number of allylic oxidation sites excluding steroid dienone is 2. The van der Waals surface area contributed by atoms with Crippen molar-refractivity contribution in [2.75, 3.05) is 0 Å². The smallest absolute Gasteiger partial charge is 0.432 e. The minimum absolute atomic E-state index is 0.185. The summed E-state index contributed by atoms with van der Waals surface area (Å²) < 4.78 is 11.1. The van der Waals surface area contributed by atoms with E-state index in [2.05, 4.69) is 10.6 Å². The number of aryl methyl sites for hydroxylation is 2. The normalized spacial score (nSPS) is 13.8. The van der Waals surface area contributed by atoms with E-state index in [9.17, 15) is 20.1 Å². The summed E-state index contributed by atoms with van der Waals surface area (Å²) in [5, 5.41) is 44.5. The van der Waals surface area contributed by atoms with Crippen molar-refractivity contribution in [2.24, 2.45) is 0 Å². The highest BCUT2D eigenvalue weighted by atomic mass is 35.5. The number of nitrogens with one attached hydrogen (secondary N) is 2. The van der Waals surface area contributed by atoms with E-state index in [0.29, 0.717) is 40.0 Å². The summed E-state index contributed by atoms with van der Waals surface area (Å²) in [5.74, 6) is 1.29. The molecule has 0 saturated heterocycles. The fourth-order valence-corrected chi connectivity index (χ4v) is 5.01. The van der Waals surface area contributed by atoms with Crippen LogP contribution in [-0.2, 0) is 6.54 Å². The van der Waals surface area contributed by atoms with Gasteiger partial charge in [0.2, 0.25) is 0 Å². The molecule has 1 aliphatic carbocycles. The van der Waals surface area contributed by atoms with Gasteiger partial charge in [-0.25, -0.2) is 0 Å². The molecule has 1 unspecified atom stereocenters. The number of ether oxygens (including phenoxy) is 2. The lowest BCUT2D eigenvalue weighted by Gasteiger charge is -2.21. The van der Waals surface area contributed by atoms with Crippen LogP contribution in [0.2, 0.25) is 5.02 Å². The largest absolute Gasteiger partial charge is 0.489 e. The first-order valence-electron chi connectivity index (χ1n) is 13.5. The fraction of sp³-hybridized carbons (Fsp3) is 0.200. The Morgan fingerprint density at radius 2 is 1.61 bits per heavy atom. The predicted molar refractivity (Wildman–Crippen MR) is 185 cm³/mol. The third-order valence-electron chi connectivity index (χ3n) is 6.55. The molecule has 0 aliphatic heterocycles. The van der Waals surface area contributed by atoms with E-state index in [1.807, 2.05) is 51.1 Å². The molecule has 230 valence electrons. The third-order valence-corrected chi connectivity index (χ3v) is 7.59. The maximum Gasteiger partial charge on any atom is 0.489 e. The molecule has 0 aromatic heterocycles. The second-order valence-corrected chi connectivity index (χ2v) is 11.5. The van der Waals surface area contributed by atoms with Crippen LogP contribution in [0.4, 0.5) is 0 Å². The van der Waals surface area contributed by atoms with Crippen molar-refractivity contribution in [1.82, 2.24) is 10.6 Å². The topological polar surface area (TPSA) is 123 Å². The summed E-state index contributed by atoms with van der Waals surface area (Å²) in [6, 6.07) is 18.0. The first kappa shape index (κ1) is 35.5. The van der Waals surface area contributed by atoms with E-state index in [1.165, 1.54) is 0 Å². The Bertz CT molecular complexity index is 1540. The molecule has 1 atom stereocenters. The number of halogens is 2. The number of rotatable bonds is 7. The van der Waals surface area contributed by atoms with Gasteiger partial charge in [-0.1, -0.05) is 71.2 Å². The lowest BCUT2D eigenvalue weighted by atomic mass is 9.76. The number of hydrogen-bond acceptors (Lipinski definition) is 8. The van der Waals surface area contributed by atoms with Gasteiger partial charge in [-0.15, -0.1) is 0 Å². The van der Waals surface area contributed by atoms with E-state index < -0.39 is 14.2 Å². The fourth-order valence-electron chi connectivity index (χ4n) is 4.12. The van der Waals surface area contributed by atoms with Crippen LogP contribution in [0, 0.1) is 20.8 Å². The summed E-state index contributed by atoms with van der Waals surface area (Å²) in [6.45, 7) is 6.17. The van der Waals surface area contributed by atoms with Gasteiger partial charge in [-0.05, 0) is 110 Å². The van der Waals surface area contributed by atoms with Crippen LogP contribution >= 0.6 is 47.6 Å². The molecule has 6 N–H and O–H groups in total. The van der Waals surface area contributed by atoms with Gasteiger partial charge in [-0.2, -0.15) is 0 Å². The van der Waals surface area contributed by atoms with Crippen molar-refractivity contribution in [3.05, 3.63) is 111 Å². The summed E-state index contributed by atoms with van der Waals surface area (Å²) in [6.07, 6.45) is 3.89. The van der Waals surface area contributed by atoms with Crippen molar-refractivity contribution < 1.29 is 29.6 Å². The van der Waals surface area contributed by atoms with Crippen LogP contribution in [0.15, 0.2) is 83.3 Å². The summed E-state index contributed by atoms with van der Waals surface area (Å²) >= 11 is 22.1. The van der Waals surface area contributed by atoms with E-state index in [-0.39, 0.29) is 21.9 Å². The molecular formula is C30H32B2Cl2N2O6S2. The second kappa shape index (κ2) is 17.0. The molecule has 3 aromatic carbocycles. The van der Waals surface area contributed by atoms with Crippen LogP contribution in [0.25, 0.3) is 0 Å². The minimum atomic E-state index is -1.62. The zero-order valence-electron chi connectivity index (χ0n) is 24.3. The van der Waals surface area contributed by atoms with Gasteiger partial charge in [0.05, 0.1) is 6.04 Å². The van der Waals surface area contributed by atoms with Gasteiger partial charge in [-0.3, -0.25) is 0 Å². The van der Waals surface area contributed by atoms with E-state index in [0.717, 1.165) is 22.3 Å². The number of hydrogen-bond donors (Lipinski definition) is 6. The van der Waals surface area contributed by atoms with E-state index >= 15 is 0 Å². The number of thiocarbonyl (C=S) groups is 2. The van der Waals surface area contributed by atoms with Crippen LogP contribution in [0.5, 0.6) is 11.5 Å². The van der Waals surface area contributed by atoms with Crippen molar-refractivity contribution in [1.29, 1.82) is 0 Å². The van der Waals surface area contributed by atoms with Crippen molar-refractivity contribution >= 4 is 77.7 Å². The molecule has 4 rings (SSSR count). The first-order chi connectivity index (χ1) is 20.8. The Morgan fingerprint density at radius 1 is 0.909 bits per heavy atom. The van der Waals surface area contributed by atoms with Gasteiger partial charge >= 0.3 is 14.2 Å². The Morgan fingerprint density at radius 3 is 2.25 bits per heavy atom. The highest BCUT2D eigenvalue weighted by molar-refractivity contribution is 7.80. The van der Waals surface area contributed by atoms with E-state index in [4.69, 9.17) is 57.1 Å². The zero-order chi connectivity index (χ0) is 32.4. The molecule has 1 aliphatic rings. The van der Waals surface area contributed by atoms with Crippen LogP contribution in [0.3, 0.4) is 0 Å². The predicted octanol–water partition coefficient (Wildman–Crippen LogP) is 4.17. The summed E-state index contributed by atoms with van der Waals surface area (Å²) in [7, 11) is -3.10. The molecule has 0 saturated carbocycles. The third kappa shape index (κ3) is 10.9. The van der Waals surface area contributed by atoms with Crippen LogP contribution in [0.1, 0.15) is 28.7 Å². The average molecular weight is 673 g/mol. The molecule has 0 spiro atoms. The zero-order valence-corrected chi connectivity index (χ0v) is 27.4. The quantitative estimate of drug-likeness (QED) is 0.161. The Balaban J connectivity index is 0.000000240. The van der Waals surface area contributed by atoms with Crippen LogP contribution < -0.4 is 25.6 Å². The molecule has 44 heavy (non-hydrogen) atoms. The molecular weight excluding hydrogens is 641 g/mol. The summed E-state index contributed by atoms with van der Waals surface area (Å²) in [5.41, 5.74) is 4.51. The molecule has 14 heteroatoms. The van der Waals surface area contributed by atoms with Gasteiger partial charge in [0.1, 0.15) is 11.5 Å². The Hall–Kier alpha value is -2.93. The van der Waals surface area contributed by atoms with Gasteiger partial charge in [0, 0.05) is 16.6 Å². The number of benzene rings is 3. The van der Waals surface area contributed by atoms with Crippen molar-refractivity contribution in [3.63, 3.8) is 0 Å². The molecule has 0 bridgehead atoms. The van der Waals surface area contributed by atoms with Gasteiger partial charge in [0.25, 0.3) is 10.3 Å². The molecule has 0 fully saturated rings. The average Bonchev–Trinajstić information content (AvgIpc) is 2.96. The maximum atomic E-state index is 9.31. The van der Waals surface area contributed by atoms with Gasteiger partial charge < -0.3 is 40.2 Å². The highest BCUT2D eigenvalue weighted by Crippen LogP contribution is 2.24. The van der Waals surface area contributed by atoms with Crippen molar-refractivity contribution in [3.8, 4) is 11.5 Å². The lowest BCUT2D eigenvalue weighted by molar-refractivity contribution is 0.419. The Labute approximate surface area is 278 Å². The molecule has 0 radical (unpaired) electrons. The monoisotopic (exact) mass is 672 g/mol. The first-order valence-corrected chi connectivity index (χ1v) is 15.1. The highest BCUT2D eigenvalue weighted by Gasteiger charge is 2.24. The molecule has 3 aromatic rings. The molecule has 8 nitrogen and oxygen atoms in total. The van der Waals surface area contributed by atoms with Gasteiger partial charge in [0.15, 0.2) is 0 Å². The second-order valence-electron chi connectivity index (χ2n) is 9.89. The van der Waals surface area contributed by atoms with Crippen LogP contribution in [-0.4, -0.2) is 50.7 Å².